The van der Waals surface area contributed by atoms with Crippen LogP contribution in [-0.2, 0) is 17.6 Å². The van der Waals surface area contributed by atoms with Crippen molar-refractivity contribution in [2.24, 2.45) is 0 Å². The van der Waals surface area contributed by atoms with Crippen LogP contribution in [0.3, 0.4) is 0 Å². The highest BCUT2D eigenvalue weighted by Gasteiger charge is 2.18. The van der Waals surface area contributed by atoms with Gasteiger partial charge in [0.25, 0.3) is 0 Å². The molecule has 3 aromatic carbocycles. The van der Waals surface area contributed by atoms with E-state index in [0.717, 1.165) is 28.3 Å². The van der Waals surface area contributed by atoms with Gasteiger partial charge in [-0.3, -0.25) is 0 Å². The fraction of sp³-hybridized carbons (Fsp3) is 0.115. The zero-order chi connectivity index (χ0) is 22.3. The Bertz CT molecular complexity index is 1180. The van der Waals surface area contributed by atoms with Gasteiger partial charge in [-0.2, -0.15) is 0 Å². The summed E-state index contributed by atoms with van der Waals surface area (Å²) in [4.78, 5) is 20.3. The van der Waals surface area contributed by atoms with Crippen LogP contribution in [0.2, 0.25) is 5.02 Å². The maximum absolute atomic E-state index is 11.8. The Morgan fingerprint density at radius 2 is 1.53 bits per heavy atom. The second kappa shape index (κ2) is 10.1. The van der Waals surface area contributed by atoms with Gasteiger partial charge in [-0.25, -0.2) is 14.8 Å². The number of carboxylic acids is 1. The Morgan fingerprint density at radius 3 is 2.19 bits per heavy atom. The topological polar surface area (TPSA) is 75.1 Å². The highest BCUT2D eigenvalue weighted by atomic mass is 35.5. The Kier molecular flexibility index (Phi) is 6.78. The normalized spacial score (nSPS) is 11.7. The second-order valence-corrected chi connectivity index (χ2v) is 7.95. The van der Waals surface area contributed by atoms with E-state index in [0.29, 0.717) is 12.2 Å². The van der Waals surface area contributed by atoms with Crippen molar-refractivity contribution in [2.75, 3.05) is 5.32 Å². The maximum atomic E-state index is 11.8. The Labute approximate surface area is 191 Å². The van der Waals surface area contributed by atoms with Crippen LogP contribution < -0.4 is 5.32 Å². The predicted octanol–water partition coefficient (Wildman–Crippen LogP) is 5.50. The molecule has 4 aromatic rings. The molecule has 0 bridgehead atoms. The van der Waals surface area contributed by atoms with Crippen molar-refractivity contribution in [3.8, 4) is 11.3 Å². The van der Waals surface area contributed by atoms with Crippen molar-refractivity contribution < 1.29 is 9.90 Å². The van der Waals surface area contributed by atoms with E-state index >= 15 is 0 Å². The van der Waals surface area contributed by atoms with E-state index in [9.17, 15) is 9.90 Å². The average molecular weight is 444 g/mol. The van der Waals surface area contributed by atoms with E-state index in [2.05, 4.69) is 27.4 Å². The molecule has 32 heavy (non-hydrogen) atoms. The van der Waals surface area contributed by atoms with Crippen molar-refractivity contribution in [2.45, 2.75) is 18.9 Å². The molecule has 6 heteroatoms. The fourth-order valence-corrected chi connectivity index (χ4v) is 3.58. The largest absolute Gasteiger partial charge is 0.480 e. The van der Waals surface area contributed by atoms with Gasteiger partial charge in [0, 0.05) is 23.1 Å². The number of carbonyl (C=O) groups is 1. The molecule has 1 aromatic heterocycles. The standard InChI is InChI=1S/C26H22ClN3O2/c27-22-12-8-20(9-13-22)14-19-6-10-21(11-7-19)23-16-25(29-17-28-23)30-24(26(31)32)15-18-4-2-1-3-5-18/h1-13,16-17,24H,14-15H2,(H,31,32)(H,28,29,30). The molecule has 0 aliphatic rings. The van der Waals surface area contributed by atoms with Gasteiger partial charge < -0.3 is 10.4 Å². The van der Waals surface area contributed by atoms with Gasteiger partial charge in [-0.05, 0) is 35.2 Å². The van der Waals surface area contributed by atoms with E-state index in [-0.39, 0.29) is 0 Å². The number of rotatable bonds is 8. The number of aromatic nitrogens is 2. The van der Waals surface area contributed by atoms with Gasteiger partial charge in [0.15, 0.2) is 0 Å². The number of benzene rings is 3. The van der Waals surface area contributed by atoms with Crippen molar-refractivity contribution >= 4 is 23.4 Å². The number of hydrogen-bond donors (Lipinski definition) is 2. The molecular formula is C26H22ClN3O2. The van der Waals surface area contributed by atoms with E-state index in [1.165, 1.54) is 17.5 Å². The molecule has 0 aliphatic carbocycles. The summed E-state index contributed by atoms with van der Waals surface area (Å²) in [5.41, 5.74) is 4.97. The molecule has 0 radical (unpaired) electrons. The maximum Gasteiger partial charge on any atom is 0.326 e. The molecule has 4 rings (SSSR count). The van der Waals surface area contributed by atoms with E-state index in [1.807, 2.05) is 66.7 Å². The van der Waals surface area contributed by atoms with Crippen LogP contribution in [-0.4, -0.2) is 27.1 Å². The van der Waals surface area contributed by atoms with Gasteiger partial charge in [-0.15, -0.1) is 0 Å². The number of nitrogens with zero attached hydrogens (tertiary/aromatic N) is 2. The summed E-state index contributed by atoms with van der Waals surface area (Å²) in [5.74, 6) is -0.455. The summed E-state index contributed by atoms with van der Waals surface area (Å²) in [6, 6.07) is 26.5. The summed E-state index contributed by atoms with van der Waals surface area (Å²) in [6.45, 7) is 0. The van der Waals surface area contributed by atoms with E-state index in [1.54, 1.807) is 6.07 Å². The van der Waals surface area contributed by atoms with Crippen LogP contribution in [0.15, 0.2) is 91.3 Å². The molecule has 0 spiro atoms. The molecule has 2 N–H and O–H groups in total. The lowest BCUT2D eigenvalue weighted by atomic mass is 10.0. The first-order valence-electron chi connectivity index (χ1n) is 10.3. The van der Waals surface area contributed by atoms with Crippen molar-refractivity contribution in [3.63, 3.8) is 0 Å². The second-order valence-electron chi connectivity index (χ2n) is 7.51. The van der Waals surface area contributed by atoms with Crippen molar-refractivity contribution in [3.05, 3.63) is 113 Å². The van der Waals surface area contributed by atoms with Gasteiger partial charge in [0.05, 0.1) is 5.69 Å². The van der Waals surface area contributed by atoms with Gasteiger partial charge >= 0.3 is 5.97 Å². The summed E-state index contributed by atoms with van der Waals surface area (Å²) < 4.78 is 0. The minimum Gasteiger partial charge on any atom is -0.480 e. The Balaban J connectivity index is 1.47. The zero-order valence-electron chi connectivity index (χ0n) is 17.3. The first kappa shape index (κ1) is 21.5. The highest BCUT2D eigenvalue weighted by molar-refractivity contribution is 6.30. The molecule has 0 fully saturated rings. The highest BCUT2D eigenvalue weighted by Crippen LogP contribution is 2.22. The van der Waals surface area contributed by atoms with Gasteiger partial charge in [0.1, 0.15) is 18.2 Å². The molecule has 1 unspecified atom stereocenters. The third-order valence-electron chi connectivity index (χ3n) is 5.14. The first-order valence-corrected chi connectivity index (χ1v) is 10.6. The fourth-order valence-electron chi connectivity index (χ4n) is 3.45. The van der Waals surface area contributed by atoms with Crippen LogP contribution in [0, 0.1) is 0 Å². The molecule has 0 aliphatic heterocycles. The summed E-state index contributed by atoms with van der Waals surface area (Å²) in [5, 5.41) is 13.4. The van der Waals surface area contributed by atoms with E-state index in [4.69, 9.17) is 11.6 Å². The monoisotopic (exact) mass is 443 g/mol. The summed E-state index contributed by atoms with van der Waals surface area (Å²) in [6.07, 6.45) is 2.61. The molecule has 5 nitrogen and oxygen atoms in total. The minimum absolute atomic E-state index is 0.356. The van der Waals surface area contributed by atoms with Crippen molar-refractivity contribution in [1.82, 2.24) is 9.97 Å². The Hall–Kier alpha value is -3.70. The summed E-state index contributed by atoms with van der Waals surface area (Å²) >= 11 is 5.96. The van der Waals surface area contributed by atoms with Crippen LogP contribution >= 0.6 is 11.6 Å². The van der Waals surface area contributed by atoms with Crippen LogP contribution in [0.4, 0.5) is 5.82 Å². The molecule has 1 atom stereocenters. The third kappa shape index (κ3) is 5.71. The summed E-state index contributed by atoms with van der Waals surface area (Å²) in [7, 11) is 0. The molecule has 0 saturated heterocycles. The number of carboxylic acid groups (broad SMARTS) is 1. The quantitative estimate of drug-likeness (QED) is 0.376. The number of anilines is 1. The predicted molar refractivity (Wildman–Crippen MR) is 127 cm³/mol. The molecule has 160 valence electrons. The third-order valence-corrected chi connectivity index (χ3v) is 5.39. The molecule has 0 amide bonds. The smallest absolute Gasteiger partial charge is 0.326 e. The zero-order valence-corrected chi connectivity index (χ0v) is 18.0. The molecular weight excluding hydrogens is 422 g/mol. The number of hydrogen-bond acceptors (Lipinski definition) is 4. The van der Waals surface area contributed by atoms with E-state index < -0.39 is 12.0 Å². The number of nitrogens with one attached hydrogen (secondary N) is 1. The number of halogens is 1. The number of aliphatic carboxylic acids is 1. The first-order chi connectivity index (χ1) is 15.6. The molecule has 1 heterocycles. The van der Waals surface area contributed by atoms with Crippen LogP contribution in [0.5, 0.6) is 0 Å². The Morgan fingerprint density at radius 1 is 0.875 bits per heavy atom. The lowest BCUT2D eigenvalue weighted by Gasteiger charge is -2.15. The minimum atomic E-state index is -0.930. The average Bonchev–Trinajstić information content (AvgIpc) is 2.81. The van der Waals surface area contributed by atoms with Gasteiger partial charge in [-0.1, -0.05) is 78.3 Å². The lowest BCUT2D eigenvalue weighted by Crippen LogP contribution is -2.31. The molecule has 0 saturated carbocycles. The SMILES string of the molecule is O=C(O)C(Cc1ccccc1)Nc1cc(-c2ccc(Cc3ccc(Cl)cc3)cc2)ncn1. The van der Waals surface area contributed by atoms with Crippen LogP contribution in [0.1, 0.15) is 16.7 Å². The van der Waals surface area contributed by atoms with Gasteiger partial charge in [0.2, 0.25) is 0 Å². The lowest BCUT2D eigenvalue weighted by molar-refractivity contribution is -0.137. The van der Waals surface area contributed by atoms with Crippen LogP contribution in [0.25, 0.3) is 11.3 Å². The van der Waals surface area contributed by atoms with Crippen molar-refractivity contribution in [1.29, 1.82) is 0 Å².